The van der Waals surface area contributed by atoms with Crippen molar-refractivity contribution in [1.82, 2.24) is 14.8 Å². The van der Waals surface area contributed by atoms with E-state index in [1.54, 1.807) is 12.0 Å². The van der Waals surface area contributed by atoms with Gasteiger partial charge in [0.2, 0.25) is 11.9 Å². The van der Waals surface area contributed by atoms with E-state index in [4.69, 9.17) is 16.3 Å². The molecule has 3 aromatic rings. The summed E-state index contributed by atoms with van der Waals surface area (Å²) in [6.07, 6.45) is 3.38. The fraction of sp³-hybridized carbons (Fsp3) is 0.318. The number of hydrogen-bond acceptors (Lipinski definition) is 4. The monoisotopic (exact) mass is 410 g/mol. The molecule has 6 nitrogen and oxygen atoms in total. The molecule has 2 heterocycles. The first-order chi connectivity index (χ1) is 14.1. The van der Waals surface area contributed by atoms with Crippen LogP contribution in [0.5, 0.6) is 5.75 Å². The van der Waals surface area contributed by atoms with E-state index in [9.17, 15) is 4.79 Å². The Balaban J connectivity index is 1.83. The molecule has 0 unspecified atom stereocenters. The second-order valence-electron chi connectivity index (χ2n) is 7.08. The lowest BCUT2D eigenvalue weighted by Crippen LogP contribution is -2.42. The maximum Gasteiger partial charge on any atom is 0.231 e. The van der Waals surface area contributed by atoms with Gasteiger partial charge >= 0.3 is 0 Å². The zero-order chi connectivity index (χ0) is 20.4. The molecule has 1 aliphatic rings. The predicted octanol–water partition coefficient (Wildman–Crippen LogP) is 4.81. The topological polar surface area (TPSA) is 60.2 Å². The number of amides is 1. The van der Waals surface area contributed by atoms with Crippen LogP contribution in [-0.4, -0.2) is 27.8 Å². The van der Waals surface area contributed by atoms with Crippen molar-refractivity contribution in [2.75, 3.05) is 12.0 Å². The van der Waals surface area contributed by atoms with Gasteiger partial charge in [0.25, 0.3) is 0 Å². The summed E-state index contributed by atoms with van der Waals surface area (Å²) in [6.45, 7) is 2.00. The molecule has 0 saturated heterocycles. The van der Waals surface area contributed by atoms with E-state index in [0.29, 0.717) is 23.8 Å². The van der Waals surface area contributed by atoms with Crippen molar-refractivity contribution in [3.63, 3.8) is 0 Å². The number of rotatable bonds is 5. The van der Waals surface area contributed by atoms with Crippen molar-refractivity contribution >= 4 is 23.5 Å². The van der Waals surface area contributed by atoms with Crippen LogP contribution >= 0.6 is 11.6 Å². The zero-order valence-electron chi connectivity index (χ0n) is 16.5. The standard InChI is InChI=1S/C22H23ClN4O2/c1-3-6-21(28)26-19(15-9-11-16(29-2)12-10-15)13-20(27-22(26)24-14-25-27)17-7-4-5-8-18(17)23/h4-5,7-12,14,19-20H,3,6,13H2,1-2H3/t19-,20-/m1/s1. The highest BCUT2D eigenvalue weighted by atomic mass is 35.5. The van der Waals surface area contributed by atoms with Gasteiger partial charge in [-0.2, -0.15) is 10.1 Å². The molecule has 0 N–H and O–H groups in total. The van der Waals surface area contributed by atoms with E-state index in [2.05, 4.69) is 10.1 Å². The van der Waals surface area contributed by atoms with Crippen LogP contribution < -0.4 is 9.64 Å². The van der Waals surface area contributed by atoms with Crippen LogP contribution in [0, 0.1) is 0 Å². The molecule has 150 valence electrons. The molecule has 0 bridgehead atoms. The molecule has 0 aliphatic carbocycles. The quantitative estimate of drug-likeness (QED) is 0.605. The van der Waals surface area contributed by atoms with E-state index in [-0.39, 0.29) is 18.0 Å². The maximum absolute atomic E-state index is 13.1. The summed E-state index contributed by atoms with van der Waals surface area (Å²) in [6, 6.07) is 15.3. The first-order valence-corrected chi connectivity index (χ1v) is 10.1. The number of anilines is 1. The highest BCUT2D eigenvalue weighted by Crippen LogP contribution is 2.43. The molecule has 1 aliphatic heterocycles. The van der Waals surface area contributed by atoms with Gasteiger partial charge in [0.15, 0.2) is 0 Å². The van der Waals surface area contributed by atoms with Crippen LogP contribution in [0.1, 0.15) is 49.4 Å². The third kappa shape index (κ3) is 3.60. The van der Waals surface area contributed by atoms with Crippen molar-refractivity contribution in [2.45, 2.75) is 38.3 Å². The largest absolute Gasteiger partial charge is 0.497 e. The molecule has 29 heavy (non-hydrogen) atoms. The van der Waals surface area contributed by atoms with Crippen LogP contribution in [0.25, 0.3) is 0 Å². The number of fused-ring (bicyclic) bond motifs is 1. The molecular formula is C22H23ClN4O2. The van der Waals surface area contributed by atoms with Crippen molar-refractivity contribution in [3.05, 3.63) is 71.0 Å². The number of carbonyl (C=O) groups is 1. The number of methoxy groups -OCH3 is 1. The molecule has 0 fully saturated rings. The highest BCUT2D eigenvalue weighted by molar-refractivity contribution is 6.31. The maximum atomic E-state index is 13.1. The van der Waals surface area contributed by atoms with E-state index in [1.165, 1.54) is 6.33 Å². The van der Waals surface area contributed by atoms with Gasteiger partial charge in [-0.05, 0) is 42.2 Å². The Hall–Kier alpha value is -2.86. The van der Waals surface area contributed by atoms with Crippen molar-refractivity contribution < 1.29 is 9.53 Å². The molecular weight excluding hydrogens is 388 g/mol. The van der Waals surface area contributed by atoms with Crippen molar-refractivity contribution in [1.29, 1.82) is 0 Å². The molecule has 2 aromatic carbocycles. The summed E-state index contributed by atoms with van der Waals surface area (Å²) in [4.78, 5) is 19.3. The van der Waals surface area contributed by atoms with Gasteiger partial charge in [-0.15, -0.1) is 0 Å². The smallest absolute Gasteiger partial charge is 0.231 e. The Kier molecular flexibility index (Phi) is 5.53. The highest BCUT2D eigenvalue weighted by Gasteiger charge is 2.39. The number of benzene rings is 2. The summed E-state index contributed by atoms with van der Waals surface area (Å²) < 4.78 is 7.11. The van der Waals surface area contributed by atoms with Gasteiger partial charge in [0.1, 0.15) is 12.1 Å². The molecule has 0 saturated carbocycles. The molecule has 0 spiro atoms. The van der Waals surface area contributed by atoms with Gasteiger partial charge in [-0.1, -0.05) is 48.9 Å². The van der Waals surface area contributed by atoms with Crippen LogP contribution in [0.3, 0.4) is 0 Å². The minimum Gasteiger partial charge on any atom is -0.497 e. The van der Waals surface area contributed by atoms with E-state index in [1.807, 2.05) is 60.1 Å². The average molecular weight is 411 g/mol. The molecule has 4 rings (SSSR count). The summed E-state index contributed by atoms with van der Waals surface area (Å²) in [5.74, 6) is 1.38. The Bertz CT molecular complexity index is 1000. The number of carbonyl (C=O) groups excluding carboxylic acids is 1. The second-order valence-corrected chi connectivity index (χ2v) is 7.49. The Morgan fingerprint density at radius 1 is 1.17 bits per heavy atom. The fourth-order valence-electron chi connectivity index (χ4n) is 3.93. The molecule has 1 amide bonds. The van der Waals surface area contributed by atoms with Crippen molar-refractivity contribution in [2.24, 2.45) is 0 Å². The summed E-state index contributed by atoms with van der Waals surface area (Å²) >= 11 is 6.51. The van der Waals surface area contributed by atoms with Gasteiger partial charge in [-0.3, -0.25) is 9.69 Å². The fourth-order valence-corrected chi connectivity index (χ4v) is 4.19. The number of aromatic nitrogens is 3. The van der Waals surface area contributed by atoms with Crippen LogP contribution in [-0.2, 0) is 4.79 Å². The summed E-state index contributed by atoms with van der Waals surface area (Å²) in [5, 5.41) is 5.12. The Morgan fingerprint density at radius 2 is 1.93 bits per heavy atom. The minimum absolute atomic E-state index is 0.0418. The molecule has 0 radical (unpaired) electrons. The summed E-state index contributed by atoms with van der Waals surface area (Å²) in [7, 11) is 1.64. The third-order valence-electron chi connectivity index (χ3n) is 5.32. The van der Waals surface area contributed by atoms with Gasteiger partial charge in [0.05, 0.1) is 19.2 Å². The van der Waals surface area contributed by atoms with E-state index < -0.39 is 0 Å². The number of ether oxygens (including phenoxy) is 1. The number of hydrogen-bond donors (Lipinski definition) is 0. The predicted molar refractivity (Wildman–Crippen MR) is 112 cm³/mol. The zero-order valence-corrected chi connectivity index (χ0v) is 17.2. The Labute approximate surface area is 175 Å². The Morgan fingerprint density at radius 3 is 2.62 bits per heavy atom. The minimum atomic E-state index is -0.169. The number of halogens is 1. The second kappa shape index (κ2) is 8.25. The first kappa shape index (κ1) is 19.5. The van der Waals surface area contributed by atoms with Gasteiger partial charge < -0.3 is 4.74 Å². The lowest BCUT2D eigenvalue weighted by atomic mass is 9.91. The van der Waals surface area contributed by atoms with Crippen LogP contribution in [0.4, 0.5) is 5.95 Å². The third-order valence-corrected chi connectivity index (χ3v) is 5.66. The lowest BCUT2D eigenvalue weighted by molar-refractivity contribution is -0.119. The normalized spacial score (nSPS) is 18.4. The SMILES string of the molecule is CCCC(=O)N1c2ncnn2[C@@H](c2ccccc2Cl)C[C@@H]1c1ccc(OC)cc1. The number of nitrogens with zero attached hydrogens (tertiary/aromatic N) is 4. The van der Waals surface area contributed by atoms with Gasteiger partial charge in [-0.25, -0.2) is 4.68 Å². The van der Waals surface area contributed by atoms with Crippen LogP contribution in [0.2, 0.25) is 5.02 Å². The van der Waals surface area contributed by atoms with E-state index >= 15 is 0 Å². The average Bonchev–Trinajstić information content (AvgIpc) is 3.23. The van der Waals surface area contributed by atoms with Crippen molar-refractivity contribution in [3.8, 4) is 5.75 Å². The lowest BCUT2D eigenvalue weighted by Gasteiger charge is -2.39. The van der Waals surface area contributed by atoms with Gasteiger partial charge in [0, 0.05) is 11.4 Å². The molecule has 1 aromatic heterocycles. The molecule has 7 heteroatoms. The summed E-state index contributed by atoms with van der Waals surface area (Å²) in [5.41, 5.74) is 2.00. The van der Waals surface area contributed by atoms with E-state index in [0.717, 1.165) is 23.3 Å². The van der Waals surface area contributed by atoms with Crippen LogP contribution in [0.15, 0.2) is 54.9 Å². The first-order valence-electron chi connectivity index (χ1n) is 9.74. The molecule has 2 atom stereocenters.